The molecular weight excluding hydrogens is 168 g/mol. The Hall–Kier alpha value is -0.640. The Balaban J connectivity index is 2.34. The van der Waals surface area contributed by atoms with Crippen LogP contribution < -0.4 is 0 Å². The van der Waals surface area contributed by atoms with Crippen LogP contribution in [0.4, 0.5) is 0 Å². The van der Waals surface area contributed by atoms with Gasteiger partial charge in [0.25, 0.3) is 0 Å². The summed E-state index contributed by atoms with van der Waals surface area (Å²) in [6, 6.07) is 0. The highest BCUT2D eigenvalue weighted by Gasteiger charge is 2.51. The largest absolute Gasteiger partial charge is 0.393 e. The number of allylic oxidation sites excluding steroid dienone is 1. The van der Waals surface area contributed by atoms with E-state index in [0.29, 0.717) is 6.61 Å². The van der Waals surface area contributed by atoms with Gasteiger partial charge in [0.05, 0.1) is 19.8 Å². The first-order valence-corrected chi connectivity index (χ1v) is 4.47. The molecule has 1 aliphatic heterocycles. The number of aliphatic hydroxyl groups is 2. The standard InChI is InChI=1S/C10H14O3/c1-7-5-13-10(6-12)8(4-11)2-3-9(7)10/h2,9,11-12H,1,3-6H2/t9-,10+/m1/s1. The van der Waals surface area contributed by atoms with Gasteiger partial charge in [-0.2, -0.15) is 0 Å². The third kappa shape index (κ3) is 1.01. The molecule has 0 spiro atoms. The van der Waals surface area contributed by atoms with Crippen molar-refractivity contribution in [2.75, 3.05) is 19.8 Å². The van der Waals surface area contributed by atoms with E-state index in [9.17, 15) is 5.11 Å². The van der Waals surface area contributed by atoms with Crippen LogP contribution in [-0.2, 0) is 4.74 Å². The van der Waals surface area contributed by atoms with Crippen molar-refractivity contribution >= 4 is 0 Å². The van der Waals surface area contributed by atoms with Gasteiger partial charge >= 0.3 is 0 Å². The van der Waals surface area contributed by atoms with Crippen LogP contribution in [0.25, 0.3) is 0 Å². The summed E-state index contributed by atoms with van der Waals surface area (Å²) in [6.07, 6.45) is 2.78. The number of fused-ring (bicyclic) bond motifs is 1. The molecule has 0 aromatic carbocycles. The molecule has 0 bridgehead atoms. The van der Waals surface area contributed by atoms with E-state index < -0.39 is 5.60 Å². The van der Waals surface area contributed by atoms with Crippen LogP contribution >= 0.6 is 0 Å². The number of hydrogen-bond acceptors (Lipinski definition) is 3. The van der Waals surface area contributed by atoms with Gasteiger partial charge < -0.3 is 14.9 Å². The summed E-state index contributed by atoms with van der Waals surface area (Å²) in [6.45, 7) is 4.31. The van der Waals surface area contributed by atoms with Crippen molar-refractivity contribution in [1.82, 2.24) is 0 Å². The van der Waals surface area contributed by atoms with Crippen molar-refractivity contribution in [2.24, 2.45) is 5.92 Å². The summed E-state index contributed by atoms with van der Waals surface area (Å²) in [4.78, 5) is 0. The van der Waals surface area contributed by atoms with Crippen LogP contribution in [0.2, 0.25) is 0 Å². The van der Waals surface area contributed by atoms with Crippen molar-refractivity contribution in [3.63, 3.8) is 0 Å². The zero-order valence-corrected chi connectivity index (χ0v) is 7.49. The summed E-state index contributed by atoms with van der Waals surface area (Å²) in [5.74, 6) is 0.166. The molecule has 0 radical (unpaired) electrons. The number of ether oxygens (including phenoxy) is 1. The number of hydrogen-bond donors (Lipinski definition) is 2. The average molecular weight is 182 g/mol. The highest BCUT2D eigenvalue weighted by molar-refractivity contribution is 5.35. The molecule has 0 aromatic heterocycles. The van der Waals surface area contributed by atoms with Crippen LogP contribution in [0, 0.1) is 5.92 Å². The summed E-state index contributed by atoms with van der Waals surface area (Å²) >= 11 is 0. The maximum Gasteiger partial charge on any atom is 0.122 e. The molecule has 72 valence electrons. The first-order valence-electron chi connectivity index (χ1n) is 4.47. The molecule has 2 atom stereocenters. The Kier molecular flexibility index (Phi) is 2.02. The Morgan fingerprint density at radius 1 is 1.62 bits per heavy atom. The molecule has 1 saturated heterocycles. The maximum absolute atomic E-state index is 9.33. The van der Waals surface area contributed by atoms with Crippen molar-refractivity contribution in [3.05, 3.63) is 23.8 Å². The third-order valence-corrected chi connectivity index (χ3v) is 3.12. The average Bonchev–Trinajstić information content (AvgIpc) is 2.65. The SMILES string of the molecule is C=C1CO[C@@]2(CO)C(CO)=CC[C@H]12. The van der Waals surface area contributed by atoms with Crippen molar-refractivity contribution in [1.29, 1.82) is 0 Å². The van der Waals surface area contributed by atoms with Gasteiger partial charge in [-0.3, -0.25) is 0 Å². The predicted octanol–water partition coefficient (Wildman–Crippen LogP) is 0.243. The summed E-state index contributed by atoms with van der Waals surface area (Å²) in [5, 5.41) is 18.4. The molecular formula is C10H14O3. The normalized spacial score (nSPS) is 37.8. The van der Waals surface area contributed by atoms with Gasteiger partial charge in [-0.1, -0.05) is 12.7 Å². The first kappa shape index (κ1) is 8.94. The van der Waals surface area contributed by atoms with E-state index in [0.717, 1.165) is 17.6 Å². The van der Waals surface area contributed by atoms with E-state index in [1.165, 1.54) is 0 Å². The number of aliphatic hydroxyl groups excluding tert-OH is 2. The molecule has 1 heterocycles. The van der Waals surface area contributed by atoms with Gasteiger partial charge in [-0.15, -0.1) is 0 Å². The lowest BCUT2D eigenvalue weighted by molar-refractivity contribution is -0.0312. The smallest absolute Gasteiger partial charge is 0.122 e. The molecule has 0 amide bonds. The maximum atomic E-state index is 9.33. The van der Waals surface area contributed by atoms with Gasteiger partial charge in [-0.25, -0.2) is 0 Å². The summed E-state index contributed by atoms with van der Waals surface area (Å²) in [7, 11) is 0. The molecule has 0 unspecified atom stereocenters. The van der Waals surface area contributed by atoms with E-state index in [-0.39, 0.29) is 19.1 Å². The van der Waals surface area contributed by atoms with Crippen LogP contribution in [0.3, 0.4) is 0 Å². The fraction of sp³-hybridized carbons (Fsp3) is 0.600. The van der Waals surface area contributed by atoms with Crippen LogP contribution in [0.5, 0.6) is 0 Å². The van der Waals surface area contributed by atoms with Crippen LogP contribution in [0.1, 0.15) is 6.42 Å². The molecule has 1 fully saturated rings. The Morgan fingerprint density at radius 2 is 2.38 bits per heavy atom. The van der Waals surface area contributed by atoms with Gasteiger partial charge in [0.1, 0.15) is 5.60 Å². The summed E-state index contributed by atoms with van der Waals surface area (Å²) in [5.41, 5.74) is 1.18. The van der Waals surface area contributed by atoms with Gasteiger partial charge in [-0.05, 0) is 17.6 Å². The van der Waals surface area contributed by atoms with Gasteiger partial charge in [0, 0.05) is 5.92 Å². The first-order chi connectivity index (χ1) is 6.24. The molecule has 0 aromatic rings. The molecule has 13 heavy (non-hydrogen) atoms. The quantitative estimate of drug-likeness (QED) is 0.601. The third-order valence-electron chi connectivity index (χ3n) is 3.12. The van der Waals surface area contributed by atoms with E-state index in [1.54, 1.807) is 0 Å². The number of rotatable bonds is 2. The lowest BCUT2D eigenvalue weighted by Crippen LogP contribution is -2.39. The monoisotopic (exact) mass is 182 g/mol. The second-order valence-corrected chi connectivity index (χ2v) is 3.67. The van der Waals surface area contributed by atoms with E-state index >= 15 is 0 Å². The molecule has 0 saturated carbocycles. The van der Waals surface area contributed by atoms with Crippen molar-refractivity contribution in [3.8, 4) is 0 Å². The molecule has 3 nitrogen and oxygen atoms in total. The molecule has 3 heteroatoms. The lowest BCUT2D eigenvalue weighted by atomic mass is 9.85. The van der Waals surface area contributed by atoms with E-state index in [2.05, 4.69) is 6.58 Å². The minimum absolute atomic E-state index is 0.0374. The lowest BCUT2D eigenvalue weighted by Gasteiger charge is -2.28. The molecule has 2 aliphatic rings. The van der Waals surface area contributed by atoms with E-state index in [1.807, 2.05) is 6.08 Å². The highest BCUT2D eigenvalue weighted by Crippen LogP contribution is 2.47. The summed E-state index contributed by atoms with van der Waals surface area (Å²) < 4.78 is 5.55. The molecule has 2 rings (SSSR count). The fourth-order valence-electron chi connectivity index (χ4n) is 2.31. The van der Waals surface area contributed by atoms with Gasteiger partial charge in [0.2, 0.25) is 0 Å². The Bertz CT molecular complexity index is 269. The van der Waals surface area contributed by atoms with Gasteiger partial charge in [0.15, 0.2) is 0 Å². The predicted molar refractivity (Wildman–Crippen MR) is 48.2 cm³/mol. The highest BCUT2D eigenvalue weighted by atomic mass is 16.5. The zero-order valence-electron chi connectivity index (χ0n) is 7.49. The molecule has 2 N–H and O–H groups in total. The minimum atomic E-state index is -0.647. The van der Waals surface area contributed by atoms with Crippen LogP contribution in [-0.4, -0.2) is 35.6 Å². The fourth-order valence-corrected chi connectivity index (χ4v) is 2.31. The second kappa shape index (κ2) is 2.94. The van der Waals surface area contributed by atoms with E-state index in [4.69, 9.17) is 9.84 Å². The van der Waals surface area contributed by atoms with Crippen LogP contribution in [0.15, 0.2) is 23.8 Å². The topological polar surface area (TPSA) is 49.7 Å². The van der Waals surface area contributed by atoms with Crippen molar-refractivity contribution in [2.45, 2.75) is 12.0 Å². The van der Waals surface area contributed by atoms with Crippen molar-refractivity contribution < 1.29 is 14.9 Å². The Labute approximate surface area is 77.3 Å². The minimum Gasteiger partial charge on any atom is -0.393 e. The Morgan fingerprint density at radius 3 is 3.00 bits per heavy atom. The second-order valence-electron chi connectivity index (χ2n) is 3.67. The zero-order chi connectivity index (χ0) is 9.47. The molecule has 1 aliphatic carbocycles.